The lowest BCUT2D eigenvalue weighted by atomic mass is 9.80. The highest BCUT2D eigenvalue weighted by Crippen LogP contribution is 2.40. The van der Waals surface area contributed by atoms with Crippen LogP contribution in [-0.2, 0) is 5.60 Å². The Labute approximate surface area is 186 Å². The molecule has 4 nitrogen and oxygen atoms in total. The van der Waals surface area contributed by atoms with Gasteiger partial charge in [-0.3, -0.25) is 9.78 Å². The lowest BCUT2D eigenvalue weighted by Crippen LogP contribution is -2.51. The van der Waals surface area contributed by atoms with Crippen molar-refractivity contribution in [1.82, 2.24) is 9.88 Å². The van der Waals surface area contributed by atoms with Gasteiger partial charge in [0.2, 0.25) is 0 Å². The summed E-state index contributed by atoms with van der Waals surface area (Å²) in [7, 11) is 0. The zero-order valence-corrected chi connectivity index (χ0v) is 18.2. The summed E-state index contributed by atoms with van der Waals surface area (Å²) in [6, 6.07) is 11.5. The molecule has 1 aromatic heterocycles. The Balaban J connectivity index is 1.49. The van der Waals surface area contributed by atoms with Crippen molar-refractivity contribution in [3.63, 3.8) is 0 Å². The molecular formula is C25H29F3N2O2. The maximum Gasteiger partial charge on any atom is 0.421 e. The highest BCUT2D eigenvalue weighted by atomic mass is 19.4. The van der Waals surface area contributed by atoms with Crippen LogP contribution < -0.4 is 0 Å². The van der Waals surface area contributed by atoms with Crippen LogP contribution in [0.1, 0.15) is 79.4 Å². The standard InChI is InChI=1S/C25H29F3N2O2/c1-24(32,25(26,27)28)19-12-8-18(9-13-19)23(31)30(20-5-4-6-20)21-14-10-17(11-15-21)22-7-2-3-16-29-22/h2-3,7-9,12-13,16-17,20-21,32H,4-6,10-11,14-15H2,1H3/t17?,21?,24-/m0/s1. The number of hydrogen-bond acceptors (Lipinski definition) is 3. The Kier molecular flexibility index (Phi) is 6.30. The number of pyridine rings is 1. The third-order valence-corrected chi connectivity index (χ3v) is 7.14. The largest absolute Gasteiger partial charge is 0.421 e. The molecule has 4 rings (SSSR count). The molecule has 2 saturated carbocycles. The Morgan fingerprint density at radius 1 is 0.969 bits per heavy atom. The molecule has 172 valence electrons. The van der Waals surface area contributed by atoms with Crippen molar-refractivity contribution in [3.05, 3.63) is 65.5 Å². The van der Waals surface area contributed by atoms with Crippen molar-refractivity contribution >= 4 is 5.91 Å². The maximum absolute atomic E-state index is 13.4. The number of aromatic nitrogens is 1. The van der Waals surface area contributed by atoms with Gasteiger partial charge >= 0.3 is 6.18 Å². The van der Waals surface area contributed by atoms with Crippen molar-refractivity contribution in [2.75, 3.05) is 0 Å². The van der Waals surface area contributed by atoms with Crippen LogP contribution in [0.5, 0.6) is 0 Å². The number of halogens is 3. The minimum absolute atomic E-state index is 0.130. The molecule has 2 aliphatic rings. The molecule has 2 fully saturated rings. The van der Waals surface area contributed by atoms with E-state index in [1.807, 2.05) is 23.2 Å². The fourth-order valence-electron chi connectivity index (χ4n) is 4.81. The van der Waals surface area contributed by atoms with E-state index in [1.165, 1.54) is 24.3 Å². The van der Waals surface area contributed by atoms with Crippen molar-refractivity contribution in [1.29, 1.82) is 0 Å². The summed E-state index contributed by atoms with van der Waals surface area (Å²) in [5.74, 6) is 0.267. The quantitative estimate of drug-likeness (QED) is 0.653. The second-order valence-corrected chi connectivity index (χ2v) is 9.20. The van der Waals surface area contributed by atoms with Crippen LogP contribution in [0.3, 0.4) is 0 Å². The molecule has 1 amide bonds. The minimum Gasteiger partial charge on any atom is -0.376 e. The summed E-state index contributed by atoms with van der Waals surface area (Å²) >= 11 is 0. The molecular weight excluding hydrogens is 417 g/mol. The average molecular weight is 447 g/mol. The van der Waals surface area contributed by atoms with Crippen LogP contribution in [0.15, 0.2) is 48.7 Å². The number of carbonyl (C=O) groups is 1. The van der Waals surface area contributed by atoms with E-state index in [2.05, 4.69) is 11.1 Å². The van der Waals surface area contributed by atoms with E-state index in [0.717, 1.165) is 57.6 Å². The first-order valence-electron chi connectivity index (χ1n) is 11.3. The lowest BCUT2D eigenvalue weighted by Gasteiger charge is -2.45. The molecule has 1 aromatic carbocycles. The molecule has 0 radical (unpaired) electrons. The van der Waals surface area contributed by atoms with E-state index in [9.17, 15) is 23.1 Å². The number of nitrogens with zero attached hydrogens (tertiary/aromatic N) is 2. The molecule has 1 N–H and O–H groups in total. The fraction of sp³-hybridized carbons (Fsp3) is 0.520. The van der Waals surface area contributed by atoms with Gasteiger partial charge in [-0.1, -0.05) is 18.2 Å². The Bertz CT molecular complexity index is 916. The highest BCUT2D eigenvalue weighted by molar-refractivity contribution is 5.94. The van der Waals surface area contributed by atoms with E-state index >= 15 is 0 Å². The molecule has 1 heterocycles. The van der Waals surface area contributed by atoms with Gasteiger partial charge < -0.3 is 10.0 Å². The summed E-state index contributed by atoms with van der Waals surface area (Å²) in [4.78, 5) is 19.9. The zero-order valence-electron chi connectivity index (χ0n) is 18.2. The van der Waals surface area contributed by atoms with Gasteiger partial charge in [-0.25, -0.2) is 0 Å². The molecule has 1 atom stereocenters. The Morgan fingerprint density at radius 2 is 1.59 bits per heavy atom. The molecule has 0 spiro atoms. The third-order valence-electron chi connectivity index (χ3n) is 7.14. The minimum atomic E-state index is -4.79. The number of alkyl halides is 3. The number of carbonyl (C=O) groups excluding carboxylic acids is 1. The van der Waals surface area contributed by atoms with Crippen LogP contribution in [-0.4, -0.2) is 39.2 Å². The number of hydrogen-bond donors (Lipinski definition) is 1. The molecule has 0 aliphatic heterocycles. The average Bonchev–Trinajstić information content (AvgIpc) is 2.76. The highest BCUT2D eigenvalue weighted by Gasteiger charge is 2.51. The third kappa shape index (κ3) is 4.40. The maximum atomic E-state index is 13.4. The SMILES string of the molecule is C[C@](O)(c1ccc(C(=O)N(C2CCC2)C2CCC(c3ccccn3)CC2)cc1)C(F)(F)F. The van der Waals surface area contributed by atoms with Crippen molar-refractivity contribution < 1.29 is 23.1 Å². The van der Waals surface area contributed by atoms with Crippen molar-refractivity contribution in [2.45, 2.75) is 81.6 Å². The molecule has 7 heteroatoms. The van der Waals surface area contributed by atoms with Crippen LogP contribution in [0.4, 0.5) is 13.2 Å². The van der Waals surface area contributed by atoms with E-state index < -0.39 is 11.8 Å². The van der Waals surface area contributed by atoms with Crippen LogP contribution in [0.2, 0.25) is 0 Å². The first-order chi connectivity index (χ1) is 15.2. The molecule has 2 aliphatic carbocycles. The number of benzene rings is 1. The van der Waals surface area contributed by atoms with Gasteiger partial charge in [-0.05, 0) is 81.7 Å². The molecule has 0 saturated heterocycles. The van der Waals surface area contributed by atoms with Crippen molar-refractivity contribution in [3.8, 4) is 0 Å². The predicted octanol–water partition coefficient (Wildman–Crippen LogP) is 5.57. The first-order valence-corrected chi connectivity index (χ1v) is 11.3. The van der Waals surface area contributed by atoms with E-state index in [-0.39, 0.29) is 23.6 Å². The smallest absolute Gasteiger partial charge is 0.376 e. The van der Waals surface area contributed by atoms with E-state index in [1.54, 1.807) is 0 Å². The summed E-state index contributed by atoms with van der Waals surface area (Å²) in [6.45, 7) is 0.727. The van der Waals surface area contributed by atoms with E-state index in [4.69, 9.17) is 0 Å². The Hall–Kier alpha value is -2.41. The van der Waals surface area contributed by atoms with Gasteiger partial charge in [-0.15, -0.1) is 0 Å². The number of amides is 1. The second-order valence-electron chi connectivity index (χ2n) is 9.20. The fourth-order valence-corrected chi connectivity index (χ4v) is 4.81. The summed E-state index contributed by atoms with van der Waals surface area (Å²) < 4.78 is 39.4. The number of rotatable bonds is 5. The lowest BCUT2D eigenvalue weighted by molar-refractivity contribution is -0.258. The number of aliphatic hydroxyl groups is 1. The summed E-state index contributed by atoms with van der Waals surface area (Å²) in [5.41, 5.74) is -1.76. The van der Waals surface area contributed by atoms with E-state index in [0.29, 0.717) is 11.5 Å². The molecule has 0 unspecified atom stereocenters. The van der Waals surface area contributed by atoms with Gasteiger partial charge in [-0.2, -0.15) is 13.2 Å². The van der Waals surface area contributed by atoms with Gasteiger partial charge in [0, 0.05) is 35.5 Å². The zero-order chi connectivity index (χ0) is 22.9. The van der Waals surface area contributed by atoms with Gasteiger partial charge in [0.25, 0.3) is 5.91 Å². The Morgan fingerprint density at radius 3 is 2.09 bits per heavy atom. The monoisotopic (exact) mass is 446 g/mol. The normalized spacial score (nSPS) is 23.8. The van der Waals surface area contributed by atoms with Crippen LogP contribution >= 0.6 is 0 Å². The topological polar surface area (TPSA) is 53.4 Å². The van der Waals surface area contributed by atoms with Gasteiger partial charge in [0.15, 0.2) is 5.60 Å². The first kappa shape index (κ1) is 22.8. The van der Waals surface area contributed by atoms with Crippen molar-refractivity contribution in [2.24, 2.45) is 0 Å². The van der Waals surface area contributed by atoms with Crippen LogP contribution in [0.25, 0.3) is 0 Å². The predicted molar refractivity (Wildman–Crippen MR) is 115 cm³/mol. The summed E-state index contributed by atoms with van der Waals surface area (Å²) in [6.07, 6.45) is 3.75. The molecule has 0 bridgehead atoms. The van der Waals surface area contributed by atoms with Gasteiger partial charge in [0.1, 0.15) is 0 Å². The summed E-state index contributed by atoms with van der Waals surface area (Å²) in [5, 5.41) is 9.89. The molecule has 32 heavy (non-hydrogen) atoms. The van der Waals surface area contributed by atoms with Crippen LogP contribution in [0, 0.1) is 0 Å². The van der Waals surface area contributed by atoms with Gasteiger partial charge in [0.05, 0.1) is 0 Å². The molecule has 2 aromatic rings. The second kappa shape index (κ2) is 8.85.